The Balaban J connectivity index is 5.10. The van der Waals surface area contributed by atoms with Crippen LogP contribution >= 0.6 is 0 Å². The van der Waals surface area contributed by atoms with Crippen LogP contribution in [0.1, 0.15) is 45.4 Å². The van der Waals surface area contributed by atoms with Crippen molar-refractivity contribution in [1.82, 2.24) is 16.0 Å². The van der Waals surface area contributed by atoms with Gasteiger partial charge in [0, 0.05) is 19.5 Å². The van der Waals surface area contributed by atoms with Gasteiger partial charge in [-0.05, 0) is 39.0 Å². The largest absolute Gasteiger partial charge is 0.480 e. The molecule has 0 aliphatic heterocycles. The third-order valence-corrected chi connectivity index (χ3v) is 4.93. The van der Waals surface area contributed by atoms with Gasteiger partial charge in [0.05, 0.1) is 6.04 Å². The Labute approximate surface area is 214 Å². The van der Waals surface area contributed by atoms with E-state index in [-0.39, 0.29) is 57.1 Å². The van der Waals surface area contributed by atoms with Gasteiger partial charge in [0.25, 0.3) is 0 Å². The van der Waals surface area contributed by atoms with Crippen LogP contribution in [0.3, 0.4) is 0 Å². The maximum absolute atomic E-state index is 12.8. The van der Waals surface area contributed by atoms with Crippen LogP contribution < -0.4 is 50.4 Å². The number of hydrogen-bond acceptors (Lipinski definition) is 8. The summed E-state index contributed by atoms with van der Waals surface area (Å²) in [6, 6.07) is -4.64. The van der Waals surface area contributed by atoms with Crippen molar-refractivity contribution in [3.05, 3.63) is 0 Å². The highest BCUT2D eigenvalue weighted by Gasteiger charge is 2.28. The topological polar surface area (TPSA) is 323 Å². The molecule has 210 valence electrons. The van der Waals surface area contributed by atoms with Crippen LogP contribution in [0.15, 0.2) is 9.98 Å². The van der Waals surface area contributed by atoms with Gasteiger partial charge in [-0.2, -0.15) is 0 Å². The molecule has 0 aromatic rings. The van der Waals surface area contributed by atoms with Crippen LogP contribution in [0.25, 0.3) is 0 Å². The van der Waals surface area contributed by atoms with E-state index in [4.69, 9.17) is 34.4 Å². The molecule has 0 rings (SSSR count). The van der Waals surface area contributed by atoms with E-state index in [1.54, 1.807) is 0 Å². The molecular formula is C20H39N11O6. The van der Waals surface area contributed by atoms with Gasteiger partial charge in [0.1, 0.15) is 18.1 Å². The summed E-state index contributed by atoms with van der Waals surface area (Å²) in [4.78, 5) is 68.0. The highest BCUT2D eigenvalue weighted by atomic mass is 16.4. The molecule has 37 heavy (non-hydrogen) atoms. The number of nitrogens with two attached hydrogens (primary N) is 6. The second-order valence-corrected chi connectivity index (χ2v) is 8.20. The molecule has 0 aromatic carbocycles. The molecular weight excluding hydrogens is 490 g/mol. The fourth-order valence-electron chi connectivity index (χ4n) is 2.92. The lowest BCUT2D eigenvalue weighted by atomic mass is 10.1. The molecule has 0 saturated heterocycles. The summed E-state index contributed by atoms with van der Waals surface area (Å²) in [6.07, 6.45) is 0.477. The summed E-state index contributed by atoms with van der Waals surface area (Å²) in [5, 5.41) is 16.6. The number of nitrogens with zero attached hydrogens (tertiary/aromatic N) is 2. The van der Waals surface area contributed by atoms with Crippen LogP contribution in [0.4, 0.5) is 0 Å². The standard InChI is InChI=1S/C20H39N11O6/c1-10(29-16(34)11(21)4-2-8-27-19(23)24)15(33)30-12(6-7-14(22)32)17(35)31-13(18(36)37)5-3-9-28-20(25)26/h10-13H,2-9,21H2,1H3,(H2,22,32)(H,29,34)(H,30,33)(H,31,35)(H,36,37)(H4,23,24,27)(H4,25,26,28). The first-order valence-electron chi connectivity index (χ1n) is 11.5. The molecule has 4 unspecified atom stereocenters. The Bertz CT molecular complexity index is 856. The molecule has 0 spiro atoms. The summed E-state index contributed by atoms with van der Waals surface area (Å²) in [6.45, 7) is 1.80. The summed E-state index contributed by atoms with van der Waals surface area (Å²) in [5.41, 5.74) is 31.8. The lowest BCUT2D eigenvalue weighted by molar-refractivity contribution is -0.142. The number of guanidine groups is 2. The van der Waals surface area contributed by atoms with Gasteiger partial charge in [0.2, 0.25) is 23.6 Å². The fourth-order valence-corrected chi connectivity index (χ4v) is 2.92. The summed E-state index contributed by atoms with van der Waals surface area (Å²) >= 11 is 0. The third-order valence-electron chi connectivity index (χ3n) is 4.93. The SMILES string of the molecule is CC(NC(=O)C(N)CCCN=C(N)N)C(=O)NC(CCC(N)=O)C(=O)NC(CCCN=C(N)N)C(=O)O. The molecule has 0 radical (unpaired) electrons. The Morgan fingerprint density at radius 2 is 1.24 bits per heavy atom. The zero-order valence-corrected chi connectivity index (χ0v) is 20.8. The fraction of sp³-hybridized carbons (Fsp3) is 0.650. The Hall–Kier alpha value is -4.15. The van der Waals surface area contributed by atoms with E-state index in [1.807, 2.05) is 0 Å². The van der Waals surface area contributed by atoms with Crippen molar-refractivity contribution in [2.24, 2.45) is 44.4 Å². The monoisotopic (exact) mass is 529 g/mol. The molecule has 0 bridgehead atoms. The minimum absolute atomic E-state index is 0.00186. The number of aliphatic imine (C=N–C) groups is 2. The van der Waals surface area contributed by atoms with Crippen LogP contribution in [-0.4, -0.2) is 83.9 Å². The van der Waals surface area contributed by atoms with Crippen molar-refractivity contribution < 1.29 is 29.1 Å². The Kier molecular flexibility index (Phi) is 15.4. The predicted molar refractivity (Wildman–Crippen MR) is 135 cm³/mol. The molecule has 17 heteroatoms. The van der Waals surface area contributed by atoms with Crippen LogP contribution in [-0.2, 0) is 24.0 Å². The average molecular weight is 530 g/mol. The Morgan fingerprint density at radius 3 is 1.73 bits per heavy atom. The van der Waals surface area contributed by atoms with E-state index in [0.717, 1.165) is 0 Å². The molecule has 16 N–H and O–H groups in total. The van der Waals surface area contributed by atoms with Crippen molar-refractivity contribution >= 4 is 41.5 Å². The second-order valence-electron chi connectivity index (χ2n) is 8.20. The quantitative estimate of drug-likeness (QED) is 0.0456. The lowest BCUT2D eigenvalue weighted by Gasteiger charge is -2.23. The van der Waals surface area contributed by atoms with E-state index >= 15 is 0 Å². The van der Waals surface area contributed by atoms with E-state index < -0.39 is 53.8 Å². The molecule has 0 aromatic heterocycles. The summed E-state index contributed by atoms with van der Waals surface area (Å²) in [5.74, 6) is -4.50. The number of hydrogen-bond donors (Lipinski definition) is 10. The number of carboxylic acid groups (broad SMARTS) is 1. The highest BCUT2D eigenvalue weighted by Crippen LogP contribution is 2.04. The van der Waals surface area contributed by atoms with E-state index in [0.29, 0.717) is 6.42 Å². The smallest absolute Gasteiger partial charge is 0.326 e. The van der Waals surface area contributed by atoms with Gasteiger partial charge >= 0.3 is 5.97 Å². The minimum atomic E-state index is -1.31. The maximum Gasteiger partial charge on any atom is 0.326 e. The van der Waals surface area contributed by atoms with Crippen LogP contribution in [0, 0.1) is 0 Å². The average Bonchev–Trinajstić information content (AvgIpc) is 2.80. The van der Waals surface area contributed by atoms with Gasteiger partial charge in [0.15, 0.2) is 11.9 Å². The van der Waals surface area contributed by atoms with Crippen molar-refractivity contribution in [3.63, 3.8) is 0 Å². The number of carbonyl (C=O) groups excluding carboxylic acids is 4. The Morgan fingerprint density at radius 1 is 0.730 bits per heavy atom. The number of primary amides is 1. The van der Waals surface area contributed by atoms with Gasteiger partial charge in [-0.1, -0.05) is 0 Å². The zero-order valence-electron chi connectivity index (χ0n) is 20.8. The molecule has 17 nitrogen and oxygen atoms in total. The normalized spacial score (nSPS) is 13.7. The molecule has 4 amide bonds. The second kappa shape index (κ2) is 17.3. The summed E-state index contributed by atoms with van der Waals surface area (Å²) < 4.78 is 0. The first-order valence-corrected chi connectivity index (χ1v) is 11.5. The first kappa shape index (κ1) is 32.9. The number of carbonyl (C=O) groups is 5. The number of rotatable bonds is 18. The molecule has 4 atom stereocenters. The van der Waals surface area contributed by atoms with E-state index in [1.165, 1.54) is 6.92 Å². The van der Waals surface area contributed by atoms with Crippen molar-refractivity contribution in [3.8, 4) is 0 Å². The predicted octanol–water partition coefficient (Wildman–Crippen LogP) is -4.75. The van der Waals surface area contributed by atoms with Crippen molar-refractivity contribution in [2.75, 3.05) is 13.1 Å². The van der Waals surface area contributed by atoms with Crippen LogP contribution in [0.5, 0.6) is 0 Å². The lowest BCUT2D eigenvalue weighted by Crippen LogP contribution is -2.56. The molecule has 0 aliphatic carbocycles. The minimum Gasteiger partial charge on any atom is -0.480 e. The number of carboxylic acids is 1. The molecule has 0 aliphatic rings. The number of amides is 4. The first-order chi connectivity index (χ1) is 17.2. The van der Waals surface area contributed by atoms with Gasteiger partial charge in [-0.25, -0.2) is 4.79 Å². The van der Waals surface area contributed by atoms with E-state index in [9.17, 15) is 29.1 Å². The van der Waals surface area contributed by atoms with Gasteiger partial charge in [-0.15, -0.1) is 0 Å². The maximum atomic E-state index is 12.8. The van der Waals surface area contributed by atoms with Crippen molar-refractivity contribution in [2.45, 2.75) is 69.6 Å². The number of aliphatic carboxylic acids is 1. The molecule has 0 heterocycles. The van der Waals surface area contributed by atoms with Gasteiger partial charge in [-0.3, -0.25) is 29.2 Å². The molecule has 0 fully saturated rings. The number of nitrogens with one attached hydrogen (secondary N) is 3. The van der Waals surface area contributed by atoms with Gasteiger partial charge < -0.3 is 55.5 Å². The highest BCUT2D eigenvalue weighted by molar-refractivity contribution is 5.94. The van der Waals surface area contributed by atoms with Crippen LogP contribution in [0.2, 0.25) is 0 Å². The van der Waals surface area contributed by atoms with E-state index in [2.05, 4.69) is 25.9 Å². The zero-order chi connectivity index (χ0) is 28.5. The third kappa shape index (κ3) is 15.5. The summed E-state index contributed by atoms with van der Waals surface area (Å²) in [7, 11) is 0. The van der Waals surface area contributed by atoms with Crippen molar-refractivity contribution in [1.29, 1.82) is 0 Å². The molecule has 0 saturated carbocycles.